The minimum absolute atomic E-state index is 0.271. The van der Waals surface area contributed by atoms with E-state index in [-0.39, 0.29) is 5.56 Å². The average Bonchev–Trinajstić information content (AvgIpc) is 2.77. The standard InChI is InChI=1S/C13H15F2N3/c1-2-5-18-8-9(7-17-18)13(16)11-4-3-10(14)6-12(11)15/h3-4,6-8,13H,2,5,16H2,1H3. The Balaban J connectivity index is 2.26. The largest absolute Gasteiger partial charge is 0.320 e. The zero-order chi connectivity index (χ0) is 13.1. The van der Waals surface area contributed by atoms with Crippen molar-refractivity contribution in [3.05, 3.63) is 53.4 Å². The van der Waals surface area contributed by atoms with Crippen molar-refractivity contribution in [1.29, 1.82) is 0 Å². The summed E-state index contributed by atoms with van der Waals surface area (Å²) in [5.74, 6) is -1.24. The molecule has 0 bridgehead atoms. The highest BCUT2D eigenvalue weighted by molar-refractivity contribution is 5.30. The van der Waals surface area contributed by atoms with Crippen molar-refractivity contribution in [3.8, 4) is 0 Å². The minimum atomic E-state index is -0.634. The van der Waals surface area contributed by atoms with E-state index in [1.165, 1.54) is 12.1 Å². The molecule has 2 aromatic rings. The van der Waals surface area contributed by atoms with Gasteiger partial charge in [0.1, 0.15) is 11.6 Å². The molecule has 0 aliphatic carbocycles. The molecule has 0 radical (unpaired) electrons. The lowest BCUT2D eigenvalue weighted by Crippen LogP contribution is -2.13. The normalized spacial score (nSPS) is 12.7. The molecule has 0 spiro atoms. The Kier molecular flexibility index (Phi) is 3.72. The zero-order valence-electron chi connectivity index (χ0n) is 10.1. The summed E-state index contributed by atoms with van der Waals surface area (Å²) in [5, 5.41) is 4.14. The number of rotatable bonds is 4. The molecule has 1 aromatic heterocycles. The molecule has 1 aromatic carbocycles. The Bertz CT molecular complexity index is 537. The summed E-state index contributed by atoms with van der Waals surface area (Å²) in [7, 11) is 0. The first-order valence-electron chi connectivity index (χ1n) is 5.84. The van der Waals surface area contributed by atoms with Gasteiger partial charge in [-0.2, -0.15) is 5.10 Å². The molecule has 0 amide bonds. The van der Waals surface area contributed by atoms with Gasteiger partial charge in [-0.1, -0.05) is 13.0 Å². The first kappa shape index (κ1) is 12.7. The first-order valence-corrected chi connectivity index (χ1v) is 5.84. The molecule has 5 heteroatoms. The molecule has 3 nitrogen and oxygen atoms in total. The number of benzene rings is 1. The molecule has 0 fully saturated rings. The van der Waals surface area contributed by atoms with Crippen LogP contribution in [0.15, 0.2) is 30.6 Å². The number of hydrogen-bond donors (Lipinski definition) is 1. The van der Waals surface area contributed by atoms with Gasteiger partial charge in [-0.15, -0.1) is 0 Å². The molecule has 0 saturated carbocycles. The van der Waals surface area contributed by atoms with E-state index >= 15 is 0 Å². The summed E-state index contributed by atoms with van der Waals surface area (Å²) in [6, 6.07) is 2.78. The van der Waals surface area contributed by atoms with Gasteiger partial charge in [0.25, 0.3) is 0 Å². The summed E-state index contributed by atoms with van der Waals surface area (Å²) in [6.45, 7) is 2.83. The van der Waals surface area contributed by atoms with E-state index in [4.69, 9.17) is 5.73 Å². The molecule has 0 saturated heterocycles. The van der Waals surface area contributed by atoms with Gasteiger partial charge in [0.2, 0.25) is 0 Å². The zero-order valence-corrected chi connectivity index (χ0v) is 10.1. The highest BCUT2D eigenvalue weighted by atomic mass is 19.1. The third-order valence-electron chi connectivity index (χ3n) is 2.76. The Morgan fingerprint density at radius 1 is 1.39 bits per heavy atom. The van der Waals surface area contributed by atoms with E-state index < -0.39 is 17.7 Å². The van der Waals surface area contributed by atoms with Crippen LogP contribution in [-0.4, -0.2) is 9.78 Å². The Morgan fingerprint density at radius 2 is 2.17 bits per heavy atom. The maximum absolute atomic E-state index is 13.6. The molecule has 0 aliphatic rings. The topological polar surface area (TPSA) is 43.8 Å². The van der Waals surface area contributed by atoms with E-state index in [2.05, 4.69) is 5.10 Å². The fourth-order valence-electron chi connectivity index (χ4n) is 1.82. The van der Waals surface area contributed by atoms with Crippen LogP contribution in [0.1, 0.15) is 30.5 Å². The predicted molar refractivity (Wildman–Crippen MR) is 64.9 cm³/mol. The van der Waals surface area contributed by atoms with Gasteiger partial charge in [-0.3, -0.25) is 4.68 Å². The Morgan fingerprint density at radius 3 is 2.83 bits per heavy atom. The van der Waals surface area contributed by atoms with Crippen LogP contribution in [0.5, 0.6) is 0 Å². The molecule has 2 N–H and O–H groups in total. The smallest absolute Gasteiger partial charge is 0.131 e. The van der Waals surface area contributed by atoms with E-state index in [1.54, 1.807) is 17.1 Å². The molecule has 18 heavy (non-hydrogen) atoms. The van der Waals surface area contributed by atoms with Crippen molar-refractivity contribution >= 4 is 0 Å². The van der Waals surface area contributed by atoms with Crippen LogP contribution in [0.2, 0.25) is 0 Å². The number of aromatic nitrogens is 2. The fraction of sp³-hybridized carbons (Fsp3) is 0.308. The summed E-state index contributed by atoms with van der Waals surface area (Å²) < 4.78 is 28.2. The third kappa shape index (κ3) is 2.56. The quantitative estimate of drug-likeness (QED) is 0.907. The van der Waals surface area contributed by atoms with Crippen molar-refractivity contribution in [3.63, 3.8) is 0 Å². The lowest BCUT2D eigenvalue weighted by atomic mass is 10.0. The van der Waals surface area contributed by atoms with Crippen LogP contribution in [-0.2, 0) is 6.54 Å². The van der Waals surface area contributed by atoms with E-state index in [0.717, 1.165) is 19.0 Å². The molecular weight excluding hydrogens is 236 g/mol. The van der Waals surface area contributed by atoms with Crippen LogP contribution < -0.4 is 5.73 Å². The third-order valence-corrected chi connectivity index (χ3v) is 2.76. The lowest BCUT2D eigenvalue weighted by molar-refractivity contribution is 0.565. The number of nitrogens with zero attached hydrogens (tertiary/aromatic N) is 2. The number of halogens is 2. The van der Waals surface area contributed by atoms with Crippen LogP contribution >= 0.6 is 0 Å². The molecule has 1 unspecified atom stereocenters. The molecule has 1 atom stereocenters. The minimum Gasteiger partial charge on any atom is -0.320 e. The predicted octanol–water partition coefficient (Wildman–Crippen LogP) is 2.62. The Hall–Kier alpha value is -1.75. The van der Waals surface area contributed by atoms with Gasteiger partial charge < -0.3 is 5.73 Å². The molecular formula is C13H15F2N3. The van der Waals surface area contributed by atoms with Crippen molar-refractivity contribution in [2.75, 3.05) is 0 Å². The Labute approximate surface area is 104 Å². The van der Waals surface area contributed by atoms with Gasteiger partial charge >= 0.3 is 0 Å². The summed E-state index contributed by atoms with van der Waals surface area (Å²) in [4.78, 5) is 0. The van der Waals surface area contributed by atoms with Gasteiger partial charge in [0.05, 0.1) is 12.2 Å². The summed E-state index contributed by atoms with van der Waals surface area (Å²) in [5.41, 5.74) is 6.95. The van der Waals surface area contributed by atoms with E-state index in [9.17, 15) is 8.78 Å². The molecule has 2 rings (SSSR count). The van der Waals surface area contributed by atoms with Crippen molar-refractivity contribution in [1.82, 2.24) is 9.78 Å². The monoisotopic (exact) mass is 251 g/mol. The van der Waals surface area contributed by atoms with Gasteiger partial charge in [0.15, 0.2) is 0 Å². The highest BCUT2D eigenvalue weighted by Gasteiger charge is 2.15. The molecule has 1 heterocycles. The number of nitrogens with two attached hydrogens (primary N) is 1. The van der Waals surface area contributed by atoms with Crippen molar-refractivity contribution < 1.29 is 8.78 Å². The van der Waals surface area contributed by atoms with Gasteiger partial charge in [0, 0.05) is 29.9 Å². The average molecular weight is 251 g/mol. The van der Waals surface area contributed by atoms with Gasteiger partial charge in [-0.05, 0) is 12.5 Å². The maximum Gasteiger partial charge on any atom is 0.131 e. The molecule has 96 valence electrons. The lowest BCUT2D eigenvalue weighted by Gasteiger charge is -2.10. The maximum atomic E-state index is 13.6. The van der Waals surface area contributed by atoms with Crippen LogP contribution in [0.3, 0.4) is 0 Å². The number of hydrogen-bond acceptors (Lipinski definition) is 2. The SMILES string of the molecule is CCCn1cc(C(N)c2ccc(F)cc2F)cn1. The second kappa shape index (κ2) is 5.27. The highest BCUT2D eigenvalue weighted by Crippen LogP contribution is 2.22. The second-order valence-corrected chi connectivity index (χ2v) is 4.18. The fourth-order valence-corrected chi connectivity index (χ4v) is 1.82. The van der Waals surface area contributed by atoms with E-state index in [0.29, 0.717) is 5.56 Å². The first-order chi connectivity index (χ1) is 8.61. The van der Waals surface area contributed by atoms with Crippen molar-refractivity contribution in [2.24, 2.45) is 5.73 Å². The number of aryl methyl sites for hydroxylation is 1. The van der Waals surface area contributed by atoms with Crippen molar-refractivity contribution in [2.45, 2.75) is 25.9 Å². The second-order valence-electron chi connectivity index (χ2n) is 4.18. The van der Waals surface area contributed by atoms with Crippen LogP contribution in [0.4, 0.5) is 8.78 Å². The molecule has 0 aliphatic heterocycles. The summed E-state index contributed by atoms with van der Waals surface area (Å²) >= 11 is 0. The van der Waals surface area contributed by atoms with Gasteiger partial charge in [-0.25, -0.2) is 8.78 Å². The summed E-state index contributed by atoms with van der Waals surface area (Å²) in [6.07, 6.45) is 4.36. The van der Waals surface area contributed by atoms with E-state index in [1.807, 2.05) is 6.92 Å². The van der Waals surface area contributed by atoms with Crippen LogP contribution in [0, 0.1) is 11.6 Å². The van der Waals surface area contributed by atoms with Crippen LogP contribution in [0.25, 0.3) is 0 Å².